The quantitative estimate of drug-likeness (QED) is 0.637. The molecule has 2 amide bonds. The maximum atomic E-state index is 11.7. The predicted octanol–water partition coefficient (Wildman–Crippen LogP) is 1.94. The van der Waals surface area contributed by atoms with Crippen molar-refractivity contribution in [1.29, 1.82) is 0 Å². The van der Waals surface area contributed by atoms with Crippen LogP contribution in [-0.4, -0.2) is 44.5 Å². The molecule has 7 nitrogen and oxygen atoms in total. The van der Waals surface area contributed by atoms with E-state index in [1.165, 1.54) is 25.3 Å². The van der Waals surface area contributed by atoms with Gasteiger partial charge < -0.3 is 25.2 Å². The van der Waals surface area contributed by atoms with Crippen molar-refractivity contribution in [3.05, 3.63) is 23.8 Å². The zero-order valence-corrected chi connectivity index (χ0v) is 12.1. The molecule has 0 aliphatic rings. The first-order valence-corrected chi connectivity index (χ1v) is 6.53. The highest BCUT2D eigenvalue weighted by molar-refractivity contribution is 5.94. The van der Waals surface area contributed by atoms with E-state index in [0.29, 0.717) is 18.8 Å². The van der Waals surface area contributed by atoms with Gasteiger partial charge in [-0.05, 0) is 25.0 Å². The Morgan fingerprint density at radius 1 is 1.24 bits per heavy atom. The molecule has 0 saturated carbocycles. The molecule has 0 saturated heterocycles. The topological polar surface area (TPSA) is 96.9 Å². The summed E-state index contributed by atoms with van der Waals surface area (Å²) in [6.07, 6.45) is 1.69. The van der Waals surface area contributed by atoms with E-state index in [-0.39, 0.29) is 17.3 Å². The van der Waals surface area contributed by atoms with Gasteiger partial charge in [-0.1, -0.05) is 0 Å². The number of methoxy groups -OCH3 is 2. The van der Waals surface area contributed by atoms with E-state index in [1.54, 1.807) is 7.11 Å². The fourth-order valence-electron chi connectivity index (χ4n) is 1.69. The van der Waals surface area contributed by atoms with Crippen molar-refractivity contribution < 1.29 is 24.2 Å². The highest BCUT2D eigenvalue weighted by Crippen LogP contribution is 2.23. The minimum absolute atomic E-state index is 0.0445. The minimum atomic E-state index is -1.08. The summed E-state index contributed by atoms with van der Waals surface area (Å²) in [6, 6.07) is 4.01. The number of carbonyl (C=O) groups excluding carboxylic acids is 1. The van der Waals surface area contributed by atoms with Gasteiger partial charge in [0.25, 0.3) is 0 Å². The second-order valence-electron chi connectivity index (χ2n) is 4.30. The van der Waals surface area contributed by atoms with Crippen molar-refractivity contribution in [2.24, 2.45) is 0 Å². The molecule has 1 rings (SSSR count). The van der Waals surface area contributed by atoms with Crippen LogP contribution in [0, 0.1) is 0 Å². The Hall–Kier alpha value is -2.28. The summed E-state index contributed by atoms with van der Waals surface area (Å²) in [7, 11) is 3.01. The number of hydrogen-bond acceptors (Lipinski definition) is 4. The molecule has 0 spiro atoms. The van der Waals surface area contributed by atoms with Crippen LogP contribution in [0.3, 0.4) is 0 Å². The average molecular weight is 296 g/mol. The van der Waals surface area contributed by atoms with Gasteiger partial charge in [0.15, 0.2) is 0 Å². The van der Waals surface area contributed by atoms with Gasteiger partial charge in [-0.3, -0.25) is 0 Å². The first kappa shape index (κ1) is 16.8. The van der Waals surface area contributed by atoms with Crippen LogP contribution in [0.2, 0.25) is 0 Å². The number of anilines is 1. The molecule has 0 aliphatic heterocycles. The standard InChI is InChI=1S/C14H20N2O5/c1-20-8-4-3-7-15-14(19)16-10-5-6-11(13(17)18)12(9-10)21-2/h5-6,9H,3-4,7-8H2,1-2H3,(H,17,18)(H2,15,16,19). The van der Waals surface area contributed by atoms with Gasteiger partial charge in [-0.15, -0.1) is 0 Å². The molecule has 0 atom stereocenters. The lowest BCUT2D eigenvalue weighted by Gasteiger charge is -2.10. The Labute approximate surface area is 123 Å². The number of carboxylic acid groups (broad SMARTS) is 1. The molecule has 1 aromatic rings. The van der Waals surface area contributed by atoms with Crippen LogP contribution in [0.1, 0.15) is 23.2 Å². The lowest BCUT2D eigenvalue weighted by Crippen LogP contribution is -2.29. The molecule has 7 heteroatoms. The Balaban J connectivity index is 2.51. The number of amides is 2. The van der Waals surface area contributed by atoms with Crippen LogP contribution in [0.15, 0.2) is 18.2 Å². The van der Waals surface area contributed by atoms with Crippen molar-refractivity contribution in [3.63, 3.8) is 0 Å². The number of ether oxygens (including phenoxy) is 2. The molecule has 0 aliphatic carbocycles. The minimum Gasteiger partial charge on any atom is -0.496 e. The van der Waals surface area contributed by atoms with Crippen LogP contribution in [-0.2, 0) is 4.74 Å². The maximum Gasteiger partial charge on any atom is 0.339 e. The summed E-state index contributed by atoms with van der Waals surface area (Å²) in [6.45, 7) is 1.21. The average Bonchev–Trinajstić information content (AvgIpc) is 2.46. The van der Waals surface area contributed by atoms with E-state index in [1.807, 2.05) is 0 Å². The zero-order valence-electron chi connectivity index (χ0n) is 12.1. The van der Waals surface area contributed by atoms with Crippen LogP contribution in [0.5, 0.6) is 5.75 Å². The number of carbonyl (C=O) groups is 2. The smallest absolute Gasteiger partial charge is 0.339 e. The number of hydrogen-bond donors (Lipinski definition) is 3. The van der Waals surface area contributed by atoms with E-state index in [9.17, 15) is 9.59 Å². The van der Waals surface area contributed by atoms with E-state index < -0.39 is 5.97 Å². The largest absolute Gasteiger partial charge is 0.496 e. The van der Waals surface area contributed by atoms with Gasteiger partial charge in [0.05, 0.1) is 7.11 Å². The number of aromatic carboxylic acids is 1. The van der Waals surface area contributed by atoms with Crippen LogP contribution in [0.4, 0.5) is 10.5 Å². The Bertz CT molecular complexity index is 490. The summed E-state index contributed by atoms with van der Waals surface area (Å²) in [5.74, 6) is -0.888. The number of unbranched alkanes of at least 4 members (excludes halogenated alkanes) is 1. The number of benzene rings is 1. The SMILES string of the molecule is COCCCCNC(=O)Nc1ccc(C(=O)O)c(OC)c1. The van der Waals surface area contributed by atoms with Gasteiger partial charge in [0.1, 0.15) is 11.3 Å². The zero-order chi connectivity index (χ0) is 15.7. The van der Waals surface area contributed by atoms with Crippen molar-refractivity contribution in [2.75, 3.05) is 32.7 Å². The third kappa shape index (κ3) is 5.70. The van der Waals surface area contributed by atoms with Gasteiger partial charge in [-0.2, -0.15) is 0 Å². The van der Waals surface area contributed by atoms with Crippen LogP contribution >= 0.6 is 0 Å². The van der Waals surface area contributed by atoms with Gasteiger partial charge in [0.2, 0.25) is 0 Å². The predicted molar refractivity (Wildman–Crippen MR) is 78.1 cm³/mol. The first-order valence-electron chi connectivity index (χ1n) is 6.53. The summed E-state index contributed by atoms with van der Waals surface area (Å²) in [4.78, 5) is 22.6. The molecule has 0 heterocycles. The third-order valence-electron chi connectivity index (χ3n) is 2.75. The maximum absolute atomic E-state index is 11.7. The number of urea groups is 1. The van der Waals surface area contributed by atoms with E-state index in [2.05, 4.69) is 10.6 Å². The number of carboxylic acids is 1. The normalized spacial score (nSPS) is 10.0. The Morgan fingerprint density at radius 2 is 2.00 bits per heavy atom. The molecule has 0 aromatic heterocycles. The molecular formula is C14H20N2O5. The molecule has 0 bridgehead atoms. The summed E-state index contributed by atoms with van der Waals surface area (Å²) >= 11 is 0. The summed E-state index contributed by atoms with van der Waals surface area (Å²) in [5.41, 5.74) is 0.509. The van der Waals surface area contributed by atoms with Crippen LogP contribution in [0.25, 0.3) is 0 Å². The lowest BCUT2D eigenvalue weighted by molar-refractivity contribution is 0.0693. The van der Waals surface area contributed by atoms with Crippen molar-refractivity contribution in [1.82, 2.24) is 5.32 Å². The summed E-state index contributed by atoms with van der Waals surface area (Å²) in [5, 5.41) is 14.3. The van der Waals surface area contributed by atoms with Crippen molar-refractivity contribution in [3.8, 4) is 5.75 Å². The fourth-order valence-corrected chi connectivity index (χ4v) is 1.69. The molecule has 0 radical (unpaired) electrons. The molecule has 3 N–H and O–H groups in total. The number of nitrogens with one attached hydrogen (secondary N) is 2. The van der Waals surface area contributed by atoms with Crippen molar-refractivity contribution >= 4 is 17.7 Å². The Kier molecular flexibility index (Phi) is 7.03. The van der Waals surface area contributed by atoms with E-state index in [4.69, 9.17) is 14.6 Å². The fraction of sp³-hybridized carbons (Fsp3) is 0.429. The monoisotopic (exact) mass is 296 g/mol. The molecule has 116 valence electrons. The molecule has 1 aromatic carbocycles. The van der Waals surface area contributed by atoms with Gasteiger partial charge >= 0.3 is 12.0 Å². The second kappa shape index (κ2) is 8.80. The summed E-state index contributed by atoms with van der Waals surface area (Å²) < 4.78 is 9.90. The van der Waals surface area contributed by atoms with Crippen LogP contribution < -0.4 is 15.4 Å². The van der Waals surface area contributed by atoms with E-state index in [0.717, 1.165) is 12.8 Å². The lowest BCUT2D eigenvalue weighted by atomic mass is 10.2. The van der Waals surface area contributed by atoms with Gasteiger partial charge in [0, 0.05) is 32.0 Å². The van der Waals surface area contributed by atoms with Crippen molar-refractivity contribution in [2.45, 2.75) is 12.8 Å². The number of rotatable bonds is 8. The second-order valence-corrected chi connectivity index (χ2v) is 4.30. The van der Waals surface area contributed by atoms with E-state index >= 15 is 0 Å². The Morgan fingerprint density at radius 3 is 2.62 bits per heavy atom. The van der Waals surface area contributed by atoms with Gasteiger partial charge in [-0.25, -0.2) is 9.59 Å². The highest BCUT2D eigenvalue weighted by atomic mass is 16.5. The highest BCUT2D eigenvalue weighted by Gasteiger charge is 2.12. The molecule has 0 fully saturated rings. The third-order valence-corrected chi connectivity index (χ3v) is 2.75. The molecule has 0 unspecified atom stereocenters. The molecular weight excluding hydrogens is 276 g/mol. The molecule has 21 heavy (non-hydrogen) atoms. The first-order chi connectivity index (χ1) is 10.1.